The molecule has 1 N–H and O–H groups in total. The summed E-state index contributed by atoms with van der Waals surface area (Å²) in [4.78, 5) is 2.29. The van der Waals surface area contributed by atoms with Crippen LogP contribution in [0.1, 0.15) is 32.1 Å². The summed E-state index contributed by atoms with van der Waals surface area (Å²) < 4.78 is 40.6. The second-order valence-corrected chi connectivity index (χ2v) is 5.54. The second-order valence-electron chi connectivity index (χ2n) is 5.54. The Balaban J connectivity index is 1.65. The van der Waals surface area contributed by atoms with Crippen LogP contribution in [0.25, 0.3) is 0 Å². The summed E-state index contributed by atoms with van der Waals surface area (Å²) >= 11 is 0. The number of halogens is 3. The van der Waals surface area contributed by atoms with E-state index in [0.717, 1.165) is 13.1 Å². The van der Waals surface area contributed by atoms with Gasteiger partial charge >= 0.3 is 6.18 Å². The number of ether oxygens (including phenoxy) is 1. The molecule has 1 aliphatic carbocycles. The van der Waals surface area contributed by atoms with E-state index >= 15 is 0 Å². The molecule has 2 fully saturated rings. The molecule has 6 heteroatoms. The molecule has 1 saturated carbocycles. The van der Waals surface area contributed by atoms with Gasteiger partial charge in [0, 0.05) is 25.2 Å². The largest absolute Gasteiger partial charge is 0.411 e. The fourth-order valence-electron chi connectivity index (χ4n) is 2.60. The zero-order valence-electron chi connectivity index (χ0n) is 11.2. The van der Waals surface area contributed by atoms with Crippen molar-refractivity contribution in [2.45, 2.75) is 50.4 Å². The number of nitrogens with zero attached hydrogens (tertiary/aromatic N) is 1. The van der Waals surface area contributed by atoms with Gasteiger partial charge in [0.05, 0.1) is 6.61 Å². The van der Waals surface area contributed by atoms with Crippen molar-refractivity contribution in [1.82, 2.24) is 10.2 Å². The Hall–Kier alpha value is -0.330. The SMILES string of the molecule is FC(F)(F)COCCN(CC1CCCCN1)C1CC1. The lowest BCUT2D eigenvalue weighted by atomic mass is 10.0. The van der Waals surface area contributed by atoms with Crippen LogP contribution < -0.4 is 5.32 Å². The predicted molar refractivity (Wildman–Crippen MR) is 67.1 cm³/mol. The minimum atomic E-state index is -4.21. The summed E-state index contributed by atoms with van der Waals surface area (Å²) in [5, 5.41) is 3.48. The highest BCUT2D eigenvalue weighted by molar-refractivity contribution is 4.87. The minimum Gasteiger partial charge on any atom is -0.371 e. The minimum absolute atomic E-state index is 0.169. The molecule has 1 unspecified atom stereocenters. The molecule has 0 aromatic rings. The van der Waals surface area contributed by atoms with Crippen molar-refractivity contribution in [2.24, 2.45) is 0 Å². The van der Waals surface area contributed by atoms with Gasteiger partial charge in [0.1, 0.15) is 6.61 Å². The number of hydrogen-bond acceptors (Lipinski definition) is 3. The van der Waals surface area contributed by atoms with E-state index in [4.69, 9.17) is 4.74 Å². The van der Waals surface area contributed by atoms with E-state index in [2.05, 4.69) is 10.2 Å². The summed E-state index contributed by atoms with van der Waals surface area (Å²) in [6.45, 7) is 1.66. The Morgan fingerprint density at radius 2 is 1.95 bits per heavy atom. The topological polar surface area (TPSA) is 24.5 Å². The monoisotopic (exact) mass is 280 g/mol. The summed E-state index contributed by atoms with van der Waals surface area (Å²) in [6.07, 6.45) is 1.79. The van der Waals surface area contributed by atoms with E-state index in [0.29, 0.717) is 18.6 Å². The Morgan fingerprint density at radius 3 is 2.53 bits per heavy atom. The zero-order valence-corrected chi connectivity index (χ0v) is 11.2. The lowest BCUT2D eigenvalue weighted by Crippen LogP contribution is -2.45. The fourth-order valence-corrected chi connectivity index (χ4v) is 2.60. The number of nitrogens with one attached hydrogen (secondary N) is 1. The van der Waals surface area contributed by atoms with Crippen molar-refractivity contribution in [1.29, 1.82) is 0 Å². The molecule has 1 aliphatic heterocycles. The lowest BCUT2D eigenvalue weighted by molar-refractivity contribution is -0.174. The van der Waals surface area contributed by atoms with Crippen molar-refractivity contribution in [3.8, 4) is 0 Å². The van der Waals surface area contributed by atoms with Gasteiger partial charge in [0.2, 0.25) is 0 Å². The molecule has 0 bridgehead atoms. The van der Waals surface area contributed by atoms with Crippen LogP contribution in [0.3, 0.4) is 0 Å². The molecular formula is C13H23F3N2O. The van der Waals surface area contributed by atoms with Crippen LogP contribution in [0.2, 0.25) is 0 Å². The van der Waals surface area contributed by atoms with Crippen LogP contribution in [0.4, 0.5) is 13.2 Å². The second kappa shape index (κ2) is 6.90. The molecule has 2 rings (SSSR count). The highest BCUT2D eigenvalue weighted by Crippen LogP contribution is 2.27. The van der Waals surface area contributed by atoms with E-state index in [9.17, 15) is 13.2 Å². The van der Waals surface area contributed by atoms with E-state index in [1.165, 1.54) is 32.1 Å². The lowest BCUT2D eigenvalue weighted by Gasteiger charge is -2.30. The van der Waals surface area contributed by atoms with E-state index in [-0.39, 0.29) is 6.61 Å². The first kappa shape index (κ1) is 15.1. The maximum Gasteiger partial charge on any atom is 0.411 e. The third-order valence-corrected chi connectivity index (χ3v) is 3.72. The van der Waals surface area contributed by atoms with Gasteiger partial charge < -0.3 is 10.1 Å². The van der Waals surface area contributed by atoms with Crippen molar-refractivity contribution >= 4 is 0 Å². The molecule has 0 aromatic carbocycles. The molecule has 3 nitrogen and oxygen atoms in total. The van der Waals surface area contributed by atoms with E-state index < -0.39 is 12.8 Å². The average molecular weight is 280 g/mol. The standard InChI is InChI=1S/C13H23F3N2O/c14-13(15,16)10-19-8-7-18(12-4-5-12)9-11-3-1-2-6-17-11/h11-12,17H,1-10H2. The van der Waals surface area contributed by atoms with Gasteiger partial charge in [-0.3, -0.25) is 4.90 Å². The molecule has 0 radical (unpaired) electrons. The van der Waals surface area contributed by atoms with Crippen LogP contribution in [0.5, 0.6) is 0 Å². The van der Waals surface area contributed by atoms with Crippen LogP contribution in [-0.2, 0) is 4.74 Å². The van der Waals surface area contributed by atoms with Crippen molar-refractivity contribution in [2.75, 3.05) is 32.8 Å². The smallest absolute Gasteiger partial charge is 0.371 e. The van der Waals surface area contributed by atoms with Crippen LogP contribution in [0.15, 0.2) is 0 Å². The third-order valence-electron chi connectivity index (χ3n) is 3.72. The molecule has 0 aromatic heterocycles. The van der Waals surface area contributed by atoms with E-state index in [1.807, 2.05) is 0 Å². The first-order chi connectivity index (χ1) is 9.04. The van der Waals surface area contributed by atoms with Crippen molar-refractivity contribution in [3.05, 3.63) is 0 Å². The van der Waals surface area contributed by atoms with Gasteiger partial charge in [0.25, 0.3) is 0 Å². The third kappa shape index (κ3) is 6.10. The summed E-state index contributed by atoms with van der Waals surface area (Å²) in [5.41, 5.74) is 0. The molecule has 1 heterocycles. The normalized spacial score (nSPS) is 24.9. The van der Waals surface area contributed by atoms with Gasteiger partial charge in [-0.2, -0.15) is 13.2 Å². The first-order valence-electron chi connectivity index (χ1n) is 7.16. The Kier molecular flexibility index (Phi) is 5.47. The van der Waals surface area contributed by atoms with E-state index in [1.54, 1.807) is 0 Å². The van der Waals surface area contributed by atoms with Gasteiger partial charge in [0.15, 0.2) is 0 Å². The van der Waals surface area contributed by atoms with Gasteiger partial charge in [-0.1, -0.05) is 6.42 Å². The van der Waals surface area contributed by atoms with Gasteiger partial charge in [-0.25, -0.2) is 0 Å². The molecule has 0 spiro atoms. The Morgan fingerprint density at radius 1 is 1.16 bits per heavy atom. The molecular weight excluding hydrogens is 257 g/mol. The van der Waals surface area contributed by atoms with Gasteiger partial charge in [-0.15, -0.1) is 0 Å². The highest BCUT2D eigenvalue weighted by atomic mass is 19.4. The quantitative estimate of drug-likeness (QED) is 0.723. The predicted octanol–water partition coefficient (Wildman–Crippen LogP) is 2.17. The maximum atomic E-state index is 12.0. The number of piperidine rings is 1. The summed E-state index contributed by atoms with van der Waals surface area (Å²) in [7, 11) is 0. The summed E-state index contributed by atoms with van der Waals surface area (Å²) in [6, 6.07) is 1.06. The Labute approximate surface area is 112 Å². The molecule has 1 saturated heterocycles. The van der Waals surface area contributed by atoms with Crippen LogP contribution in [-0.4, -0.2) is 56.0 Å². The zero-order chi connectivity index (χ0) is 13.7. The first-order valence-corrected chi connectivity index (χ1v) is 7.16. The van der Waals surface area contributed by atoms with Crippen LogP contribution in [0, 0.1) is 0 Å². The maximum absolute atomic E-state index is 12.0. The average Bonchev–Trinajstić information content (AvgIpc) is 3.17. The summed E-state index contributed by atoms with van der Waals surface area (Å²) in [5.74, 6) is 0. The van der Waals surface area contributed by atoms with Crippen molar-refractivity contribution in [3.63, 3.8) is 0 Å². The fraction of sp³-hybridized carbons (Fsp3) is 1.00. The number of alkyl halides is 3. The molecule has 112 valence electrons. The number of hydrogen-bond donors (Lipinski definition) is 1. The Bertz CT molecular complexity index is 263. The highest BCUT2D eigenvalue weighted by Gasteiger charge is 2.31. The molecule has 1 atom stereocenters. The molecule has 19 heavy (non-hydrogen) atoms. The van der Waals surface area contributed by atoms with Crippen molar-refractivity contribution < 1.29 is 17.9 Å². The molecule has 2 aliphatic rings. The van der Waals surface area contributed by atoms with Gasteiger partial charge in [-0.05, 0) is 32.2 Å². The molecule has 0 amide bonds. The number of rotatable bonds is 7. The van der Waals surface area contributed by atoms with Crippen LogP contribution >= 0.6 is 0 Å².